The van der Waals surface area contributed by atoms with Crippen LogP contribution in [0, 0.1) is 0 Å². The molecule has 0 spiro atoms. The number of ether oxygens (including phenoxy) is 1. The number of nitrogens with zero attached hydrogens (tertiary/aromatic N) is 3. The van der Waals surface area contributed by atoms with Gasteiger partial charge < -0.3 is 15.0 Å². The fourth-order valence-corrected chi connectivity index (χ4v) is 2.33. The summed E-state index contributed by atoms with van der Waals surface area (Å²) in [6, 6.07) is 7.40. The molecule has 0 bridgehead atoms. The number of carbonyl (C=O) groups is 1. The normalized spacial score (nSPS) is 18.5. The molecule has 7 nitrogen and oxygen atoms in total. The molecule has 1 aliphatic heterocycles. The van der Waals surface area contributed by atoms with Gasteiger partial charge in [-0.25, -0.2) is 4.98 Å². The maximum absolute atomic E-state index is 12.3. The minimum atomic E-state index is -0.209. The van der Waals surface area contributed by atoms with E-state index in [1.165, 1.54) is 0 Å². The highest BCUT2D eigenvalue weighted by molar-refractivity contribution is 5.92. The summed E-state index contributed by atoms with van der Waals surface area (Å²) in [4.78, 5) is 18.6. The van der Waals surface area contributed by atoms with E-state index in [-0.39, 0.29) is 12.0 Å². The minimum Gasteiger partial charge on any atom is -0.373 e. The number of aromatic amines is 1. The van der Waals surface area contributed by atoms with Crippen LogP contribution < -0.4 is 5.32 Å². The van der Waals surface area contributed by atoms with Crippen molar-refractivity contribution in [1.29, 1.82) is 0 Å². The molecule has 1 amide bonds. The molecule has 0 radical (unpaired) electrons. The van der Waals surface area contributed by atoms with Crippen LogP contribution in [0.15, 0.2) is 30.5 Å². The summed E-state index contributed by atoms with van der Waals surface area (Å²) < 4.78 is 5.75. The summed E-state index contributed by atoms with van der Waals surface area (Å²) in [7, 11) is 1.82. The summed E-state index contributed by atoms with van der Waals surface area (Å²) in [5.74, 6) is 0.721. The quantitative estimate of drug-likeness (QED) is 0.882. The third-order valence-electron chi connectivity index (χ3n) is 3.44. The van der Waals surface area contributed by atoms with E-state index in [0.29, 0.717) is 25.4 Å². The summed E-state index contributed by atoms with van der Waals surface area (Å²) in [5.41, 5.74) is 1.32. The number of amides is 1. The molecule has 7 heteroatoms. The third kappa shape index (κ3) is 2.87. The molecule has 2 aromatic rings. The monoisotopic (exact) mass is 287 g/mol. The second-order valence-electron chi connectivity index (χ2n) is 4.78. The number of morpholine rings is 1. The SMILES string of the molecule is CNc1cccc(C2CN(C(=O)c3ccn[nH]3)CCO2)n1. The summed E-state index contributed by atoms with van der Waals surface area (Å²) >= 11 is 0. The minimum absolute atomic E-state index is 0.0643. The Balaban J connectivity index is 1.75. The highest BCUT2D eigenvalue weighted by Crippen LogP contribution is 2.22. The smallest absolute Gasteiger partial charge is 0.272 e. The number of aromatic nitrogens is 3. The first-order chi connectivity index (χ1) is 10.3. The van der Waals surface area contributed by atoms with Crippen molar-refractivity contribution in [3.63, 3.8) is 0 Å². The van der Waals surface area contributed by atoms with Crippen molar-refractivity contribution < 1.29 is 9.53 Å². The van der Waals surface area contributed by atoms with E-state index in [0.717, 1.165) is 11.5 Å². The van der Waals surface area contributed by atoms with Crippen molar-refractivity contribution in [3.8, 4) is 0 Å². The van der Waals surface area contributed by atoms with Crippen molar-refractivity contribution in [3.05, 3.63) is 41.9 Å². The first-order valence-electron chi connectivity index (χ1n) is 6.83. The number of pyridine rings is 1. The molecule has 0 saturated carbocycles. The highest BCUT2D eigenvalue weighted by atomic mass is 16.5. The van der Waals surface area contributed by atoms with Gasteiger partial charge in [0.2, 0.25) is 0 Å². The number of hydrogen-bond donors (Lipinski definition) is 2. The van der Waals surface area contributed by atoms with Gasteiger partial charge in [-0.3, -0.25) is 9.89 Å². The van der Waals surface area contributed by atoms with E-state index in [1.807, 2.05) is 25.2 Å². The van der Waals surface area contributed by atoms with Crippen molar-refractivity contribution in [1.82, 2.24) is 20.1 Å². The first-order valence-corrected chi connectivity index (χ1v) is 6.83. The average molecular weight is 287 g/mol. The van der Waals surface area contributed by atoms with Gasteiger partial charge in [-0.05, 0) is 18.2 Å². The van der Waals surface area contributed by atoms with Crippen LogP contribution in [-0.2, 0) is 4.74 Å². The highest BCUT2D eigenvalue weighted by Gasteiger charge is 2.27. The van der Waals surface area contributed by atoms with Crippen LogP contribution in [0.1, 0.15) is 22.3 Å². The van der Waals surface area contributed by atoms with E-state index in [4.69, 9.17) is 4.74 Å². The van der Waals surface area contributed by atoms with Gasteiger partial charge in [0.1, 0.15) is 17.6 Å². The number of carbonyl (C=O) groups excluding carboxylic acids is 1. The molecule has 0 aliphatic carbocycles. The first kappa shape index (κ1) is 13.6. The van der Waals surface area contributed by atoms with Crippen LogP contribution in [0.25, 0.3) is 0 Å². The number of hydrogen-bond acceptors (Lipinski definition) is 5. The van der Waals surface area contributed by atoms with E-state index in [2.05, 4.69) is 20.5 Å². The number of rotatable bonds is 3. The second kappa shape index (κ2) is 5.92. The molecule has 2 N–H and O–H groups in total. The lowest BCUT2D eigenvalue weighted by atomic mass is 10.1. The van der Waals surface area contributed by atoms with Crippen LogP contribution in [0.4, 0.5) is 5.82 Å². The van der Waals surface area contributed by atoms with Crippen molar-refractivity contribution in [2.45, 2.75) is 6.10 Å². The van der Waals surface area contributed by atoms with Crippen molar-refractivity contribution in [2.75, 3.05) is 32.1 Å². The number of anilines is 1. The molecule has 1 fully saturated rings. The Hall–Kier alpha value is -2.41. The molecule has 110 valence electrons. The average Bonchev–Trinajstić information content (AvgIpc) is 3.09. The van der Waals surface area contributed by atoms with E-state index >= 15 is 0 Å². The lowest BCUT2D eigenvalue weighted by Crippen LogP contribution is -2.42. The molecule has 1 atom stereocenters. The molecule has 3 rings (SSSR count). The topological polar surface area (TPSA) is 83.1 Å². The van der Waals surface area contributed by atoms with Gasteiger partial charge in [0.25, 0.3) is 5.91 Å². The Labute approximate surface area is 122 Å². The molecular formula is C14H17N5O2. The zero-order chi connectivity index (χ0) is 14.7. The van der Waals surface area contributed by atoms with Gasteiger partial charge in [-0.1, -0.05) is 6.07 Å². The molecule has 3 heterocycles. The second-order valence-corrected chi connectivity index (χ2v) is 4.78. The van der Waals surface area contributed by atoms with Gasteiger partial charge in [0.05, 0.1) is 18.8 Å². The fourth-order valence-electron chi connectivity index (χ4n) is 2.33. The lowest BCUT2D eigenvalue weighted by molar-refractivity contribution is -0.0248. The summed E-state index contributed by atoms with van der Waals surface area (Å²) in [5, 5.41) is 9.52. The zero-order valence-corrected chi connectivity index (χ0v) is 11.7. The molecule has 21 heavy (non-hydrogen) atoms. The van der Waals surface area contributed by atoms with Crippen LogP contribution in [0.3, 0.4) is 0 Å². The maximum Gasteiger partial charge on any atom is 0.272 e. The molecule has 2 aromatic heterocycles. The number of H-pyrrole nitrogens is 1. The van der Waals surface area contributed by atoms with Crippen LogP contribution in [-0.4, -0.2) is 52.7 Å². The van der Waals surface area contributed by atoms with Gasteiger partial charge in [0.15, 0.2) is 0 Å². The maximum atomic E-state index is 12.3. The lowest BCUT2D eigenvalue weighted by Gasteiger charge is -2.32. The van der Waals surface area contributed by atoms with E-state index < -0.39 is 0 Å². The largest absolute Gasteiger partial charge is 0.373 e. The molecule has 1 aliphatic rings. The van der Waals surface area contributed by atoms with Crippen LogP contribution in [0.5, 0.6) is 0 Å². The van der Waals surface area contributed by atoms with E-state index in [1.54, 1.807) is 17.2 Å². The Morgan fingerprint density at radius 3 is 3.14 bits per heavy atom. The van der Waals surface area contributed by atoms with Gasteiger partial charge in [0, 0.05) is 19.8 Å². The predicted molar refractivity (Wildman–Crippen MR) is 77.0 cm³/mol. The standard InChI is InChI=1S/C14H17N5O2/c1-15-13-4-2-3-10(17-13)12-9-19(7-8-21-12)14(20)11-5-6-16-18-11/h2-6,12H,7-9H2,1H3,(H,15,17)(H,16,18). The van der Waals surface area contributed by atoms with Crippen LogP contribution in [0.2, 0.25) is 0 Å². The van der Waals surface area contributed by atoms with Gasteiger partial charge in [-0.15, -0.1) is 0 Å². The van der Waals surface area contributed by atoms with Gasteiger partial charge >= 0.3 is 0 Å². The van der Waals surface area contributed by atoms with Gasteiger partial charge in [-0.2, -0.15) is 5.10 Å². The summed E-state index contributed by atoms with van der Waals surface area (Å²) in [6.45, 7) is 1.55. The Morgan fingerprint density at radius 2 is 2.38 bits per heavy atom. The molecule has 0 aromatic carbocycles. The molecule has 1 saturated heterocycles. The molecule has 1 unspecified atom stereocenters. The van der Waals surface area contributed by atoms with Crippen LogP contribution >= 0.6 is 0 Å². The zero-order valence-electron chi connectivity index (χ0n) is 11.7. The summed E-state index contributed by atoms with van der Waals surface area (Å²) in [6.07, 6.45) is 1.36. The Morgan fingerprint density at radius 1 is 1.48 bits per heavy atom. The predicted octanol–water partition coefficient (Wildman–Crippen LogP) is 1.06. The van der Waals surface area contributed by atoms with Crippen molar-refractivity contribution in [2.24, 2.45) is 0 Å². The number of nitrogens with one attached hydrogen (secondary N) is 2. The Kier molecular flexibility index (Phi) is 3.83. The van der Waals surface area contributed by atoms with E-state index in [9.17, 15) is 4.79 Å². The third-order valence-corrected chi connectivity index (χ3v) is 3.44. The molecular weight excluding hydrogens is 270 g/mol. The fraction of sp³-hybridized carbons (Fsp3) is 0.357. The van der Waals surface area contributed by atoms with Crippen molar-refractivity contribution >= 4 is 11.7 Å². The Bertz CT molecular complexity index is 614.